The summed E-state index contributed by atoms with van der Waals surface area (Å²) in [5.41, 5.74) is 1.61. The lowest BCUT2D eigenvalue weighted by Gasteiger charge is -2.33. The quantitative estimate of drug-likeness (QED) is 0.252. The van der Waals surface area contributed by atoms with Crippen LogP contribution >= 0.6 is 0 Å². The number of benzene rings is 1. The lowest BCUT2D eigenvalue weighted by molar-refractivity contribution is -0.144. The predicted octanol–water partition coefficient (Wildman–Crippen LogP) is 1.64. The van der Waals surface area contributed by atoms with Gasteiger partial charge in [-0.2, -0.15) is 9.40 Å². The summed E-state index contributed by atoms with van der Waals surface area (Å²) >= 11 is 0. The van der Waals surface area contributed by atoms with Gasteiger partial charge in [0.25, 0.3) is 5.56 Å². The third-order valence-electron chi connectivity index (χ3n) is 8.29. The second-order valence-electron chi connectivity index (χ2n) is 11.6. The van der Waals surface area contributed by atoms with Crippen LogP contribution in [0.3, 0.4) is 0 Å². The Balaban J connectivity index is 1.26. The molecule has 14 nitrogen and oxygen atoms in total. The molecule has 0 saturated carbocycles. The molecule has 0 unspecified atom stereocenters. The predicted molar refractivity (Wildman–Crippen MR) is 172 cm³/mol. The van der Waals surface area contributed by atoms with Gasteiger partial charge in [0, 0.05) is 59.4 Å². The number of fused-ring (bicyclic) bond motifs is 1. The molecule has 1 aromatic carbocycles. The van der Waals surface area contributed by atoms with Crippen molar-refractivity contribution in [2.75, 3.05) is 78.8 Å². The minimum atomic E-state index is -3.86. The minimum absolute atomic E-state index is 0.0892. The van der Waals surface area contributed by atoms with Crippen molar-refractivity contribution in [3.05, 3.63) is 34.2 Å². The number of aromatic nitrogens is 4. The van der Waals surface area contributed by atoms with Crippen molar-refractivity contribution in [1.82, 2.24) is 33.9 Å². The molecule has 2 aromatic heterocycles. The van der Waals surface area contributed by atoms with Crippen molar-refractivity contribution < 1.29 is 27.4 Å². The van der Waals surface area contributed by atoms with Crippen molar-refractivity contribution >= 4 is 27.0 Å². The number of rotatable bonds is 14. The third-order valence-corrected chi connectivity index (χ3v) is 10.2. The number of hydrogen-bond acceptors (Lipinski definition) is 11. The van der Waals surface area contributed by atoms with E-state index in [1.54, 1.807) is 13.1 Å². The molecule has 0 bridgehead atoms. The van der Waals surface area contributed by atoms with Crippen LogP contribution in [0.15, 0.2) is 27.9 Å². The normalized spacial score (nSPS) is 17.0. The molecular formula is C31H45N7O7S. The Bertz CT molecular complexity index is 1660. The maximum Gasteiger partial charge on any atom is 0.307 e. The lowest BCUT2D eigenvalue weighted by atomic mass is 10.1. The number of aryl methyl sites for hydroxylation is 2. The van der Waals surface area contributed by atoms with E-state index in [0.29, 0.717) is 87.1 Å². The number of nitrogens with zero attached hydrogens (tertiary/aromatic N) is 6. The average molecular weight is 660 g/mol. The molecule has 0 spiro atoms. The van der Waals surface area contributed by atoms with E-state index < -0.39 is 10.0 Å². The molecule has 0 radical (unpaired) electrons. The Labute approximate surface area is 269 Å². The van der Waals surface area contributed by atoms with Gasteiger partial charge in [-0.3, -0.25) is 19.2 Å². The number of nitrogens with one attached hydrogen (secondary N) is 1. The van der Waals surface area contributed by atoms with Crippen LogP contribution in [0.4, 0.5) is 0 Å². The molecule has 0 amide bonds. The average Bonchev–Trinajstić information content (AvgIpc) is 3.38. The molecule has 252 valence electrons. The molecule has 4 heterocycles. The van der Waals surface area contributed by atoms with E-state index in [1.165, 1.54) is 21.1 Å². The van der Waals surface area contributed by atoms with Crippen molar-refractivity contribution in [3.63, 3.8) is 0 Å². The fourth-order valence-electron chi connectivity index (χ4n) is 5.75. The fourth-order valence-corrected chi connectivity index (χ4v) is 7.20. The summed E-state index contributed by atoms with van der Waals surface area (Å²) < 4.78 is 47.3. The van der Waals surface area contributed by atoms with Gasteiger partial charge in [0.05, 0.1) is 42.4 Å². The first-order valence-electron chi connectivity index (χ1n) is 16.1. The Morgan fingerprint density at radius 3 is 2.46 bits per heavy atom. The van der Waals surface area contributed by atoms with Gasteiger partial charge in [-0.15, -0.1) is 0 Å². The lowest BCUT2D eigenvalue weighted by Crippen LogP contribution is -2.49. The highest BCUT2D eigenvalue weighted by Crippen LogP contribution is 2.32. The molecular weight excluding hydrogens is 614 g/mol. The van der Waals surface area contributed by atoms with Crippen molar-refractivity contribution in [1.29, 1.82) is 0 Å². The van der Waals surface area contributed by atoms with E-state index in [4.69, 9.17) is 19.2 Å². The number of esters is 1. The summed E-state index contributed by atoms with van der Waals surface area (Å²) in [6.45, 7) is 10.7. The number of carbonyl (C=O) groups excluding carboxylic acids is 1. The molecule has 2 aliphatic rings. The number of hydrogen-bond donors (Lipinski definition) is 1. The summed E-state index contributed by atoms with van der Waals surface area (Å²) in [5.74, 6) is 0.415. The number of morpholine rings is 1. The Hall–Kier alpha value is -3.37. The molecule has 0 aliphatic carbocycles. The summed E-state index contributed by atoms with van der Waals surface area (Å²) in [7, 11) is -2.15. The zero-order valence-electron chi connectivity index (χ0n) is 27.0. The second kappa shape index (κ2) is 15.5. The third kappa shape index (κ3) is 7.94. The van der Waals surface area contributed by atoms with E-state index >= 15 is 0 Å². The molecule has 5 rings (SSSR count). The number of ether oxygens (including phenoxy) is 3. The maximum atomic E-state index is 13.8. The molecule has 46 heavy (non-hydrogen) atoms. The van der Waals surface area contributed by atoms with Gasteiger partial charge in [0.1, 0.15) is 23.7 Å². The highest BCUT2D eigenvalue weighted by Gasteiger charge is 2.30. The van der Waals surface area contributed by atoms with Crippen molar-refractivity contribution in [2.24, 2.45) is 7.05 Å². The monoisotopic (exact) mass is 659 g/mol. The van der Waals surface area contributed by atoms with Gasteiger partial charge < -0.3 is 24.1 Å². The van der Waals surface area contributed by atoms with Gasteiger partial charge in [0.15, 0.2) is 5.52 Å². The fraction of sp³-hybridized carbons (Fsp3) is 0.613. The Morgan fingerprint density at radius 2 is 1.74 bits per heavy atom. The van der Waals surface area contributed by atoms with Gasteiger partial charge in [0.2, 0.25) is 10.0 Å². The van der Waals surface area contributed by atoms with Crippen LogP contribution in [0.5, 0.6) is 5.75 Å². The zero-order chi connectivity index (χ0) is 32.7. The van der Waals surface area contributed by atoms with Crippen LogP contribution in [0.1, 0.15) is 38.8 Å². The van der Waals surface area contributed by atoms with Crippen LogP contribution < -0.4 is 10.3 Å². The molecule has 2 fully saturated rings. The van der Waals surface area contributed by atoms with E-state index in [9.17, 15) is 18.0 Å². The van der Waals surface area contributed by atoms with Crippen LogP contribution in [0.25, 0.3) is 22.4 Å². The highest BCUT2D eigenvalue weighted by atomic mass is 32.2. The Kier molecular flexibility index (Phi) is 11.4. The minimum Gasteiger partial charge on any atom is -0.493 e. The maximum absolute atomic E-state index is 13.8. The number of H-pyrrole nitrogens is 1. The summed E-state index contributed by atoms with van der Waals surface area (Å²) in [4.78, 5) is 37.4. The first-order valence-corrected chi connectivity index (χ1v) is 17.6. The van der Waals surface area contributed by atoms with Gasteiger partial charge in [-0.1, -0.05) is 20.3 Å². The zero-order valence-corrected chi connectivity index (χ0v) is 27.8. The van der Waals surface area contributed by atoms with Crippen LogP contribution in [-0.4, -0.2) is 127 Å². The summed E-state index contributed by atoms with van der Waals surface area (Å²) in [5, 5.41) is 4.49. The number of piperazine rings is 1. The Morgan fingerprint density at radius 1 is 1.00 bits per heavy atom. The molecule has 0 atom stereocenters. The summed E-state index contributed by atoms with van der Waals surface area (Å²) in [6, 6.07) is 4.69. The first kappa shape index (κ1) is 34.0. The second-order valence-corrected chi connectivity index (χ2v) is 13.5. The van der Waals surface area contributed by atoms with Crippen LogP contribution in [0, 0.1) is 0 Å². The molecule has 2 saturated heterocycles. The van der Waals surface area contributed by atoms with E-state index in [2.05, 4.69) is 19.9 Å². The van der Waals surface area contributed by atoms with Gasteiger partial charge in [-0.05, 0) is 31.0 Å². The van der Waals surface area contributed by atoms with Crippen LogP contribution in [0.2, 0.25) is 0 Å². The van der Waals surface area contributed by atoms with Gasteiger partial charge in [-0.25, -0.2) is 13.4 Å². The van der Waals surface area contributed by atoms with Gasteiger partial charge >= 0.3 is 5.97 Å². The first-order chi connectivity index (χ1) is 22.2. The standard InChI is InChI=1S/C31H45N7O7S/c1-4-6-25-28-29(35(3)34-25)31(40)33-30(32-28)24-22-23(7-8-26(24)44-18-5-2)46(41,42)38-13-11-36(12-14-38)10-9-27(39)45-21-17-37-15-19-43-20-16-37/h7-8,22H,4-6,9-21H2,1-3H3,(H,32,33,40). The van der Waals surface area contributed by atoms with Crippen LogP contribution in [-0.2, 0) is 37.8 Å². The van der Waals surface area contributed by atoms with E-state index in [0.717, 1.165) is 25.9 Å². The number of carbonyl (C=O) groups is 1. The summed E-state index contributed by atoms with van der Waals surface area (Å²) in [6.07, 6.45) is 2.50. The van der Waals surface area contributed by atoms with Crippen molar-refractivity contribution in [3.8, 4) is 17.1 Å². The topological polar surface area (TPSA) is 152 Å². The van der Waals surface area contributed by atoms with E-state index in [1.807, 2.05) is 13.8 Å². The molecule has 2 aliphatic heterocycles. The van der Waals surface area contributed by atoms with E-state index in [-0.39, 0.29) is 41.8 Å². The molecule has 3 aromatic rings. The number of sulfonamides is 1. The number of aromatic amines is 1. The smallest absolute Gasteiger partial charge is 0.307 e. The molecule has 1 N–H and O–H groups in total. The molecule has 15 heteroatoms. The highest BCUT2D eigenvalue weighted by molar-refractivity contribution is 7.89. The largest absolute Gasteiger partial charge is 0.493 e. The van der Waals surface area contributed by atoms with Crippen molar-refractivity contribution in [2.45, 2.75) is 44.4 Å². The SMILES string of the molecule is CCCOc1ccc(S(=O)(=O)N2CCN(CCC(=O)OCCN3CCOCC3)CC2)cc1-c1nc2c(CCC)nn(C)c2c(=O)[nH]1.